The Balaban J connectivity index is 3.12. The average Bonchev–Trinajstić information content (AvgIpc) is 1.92. The molecule has 1 heterocycles. The highest BCUT2D eigenvalue weighted by Gasteiger charge is 2.64. The van der Waals surface area contributed by atoms with E-state index < -0.39 is 0 Å². The van der Waals surface area contributed by atoms with Gasteiger partial charge in [-0.2, -0.15) is 0 Å². The van der Waals surface area contributed by atoms with E-state index in [1.54, 1.807) is 0 Å². The van der Waals surface area contributed by atoms with Crippen molar-refractivity contribution < 1.29 is 0 Å². The molecule has 2 atom stereocenters. The van der Waals surface area contributed by atoms with Crippen molar-refractivity contribution >= 4 is 27.9 Å². The molecule has 104 valence electrons. The van der Waals surface area contributed by atoms with Gasteiger partial charge in [-0.25, -0.2) is 0 Å². The van der Waals surface area contributed by atoms with Gasteiger partial charge in [0.05, 0.1) is 0 Å². The first kappa shape index (κ1) is 17.0. The lowest BCUT2D eigenvalue weighted by atomic mass is 9.49. The summed E-state index contributed by atoms with van der Waals surface area (Å²) in [5, 5.41) is 0.936. The summed E-state index contributed by atoms with van der Waals surface area (Å²) in [5.41, 5.74) is 0. The molecule has 1 aliphatic rings. The van der Waals surface area contributed by atoms with Crippen LogP contribution in [0.2, 0.25) is 0 Å². The Kier molecular flexibility index (Phi) is 5.05. The summed E-state index contributed by atoms with van der Waals surface area (Å²) in [6.07, 6.45) is 0. The smallest absolute Gasteiger partial charge is 0.247 e. The van der Waals surface area contributed by atoms with E-state index in [0.29, 0.717) is 10.3 Å². The van der Waals surface area contributed by atoms with Crippen molar-refractivity contribution in [2.24, 2.45) is 0 Å². The zero-order valence-electron chi connectivity index (χ0n) is 13.9. The highest BCUT2D eigenvalue weighted by molar-refractivity contribution is 8.67. The van der Waals surface area contributed by atoms with Crippen LogP contribution in [0.3, 0.4) is 0 Å². The summed E-state index contributed by atoms with van der Waals surface area (Å²) in [6.45, 7) is 16.2. The van der Waals surface area contributed by atoms with E-state index in [1.807, 2.05) is 0 Å². The third-order valence-electron chi connectivity index (χ3n) is 3.43. The zero-order chi connectivity index (χ0) is 14.5. The second-order valence-electron chi connectivity index (χ2n) is 7.79. The van der Waals surface area contributed by atoms with Crippen LogP contribution in [-0.4, -0.2) is 61.0 Å². The maximum atomic E-state index is 2.48. The van der Waals surface area contributed by atoms with Crippen molar-refractivity contribution in [1.82, 2.24) is 9.62 Å². The van der Waals surface area contributed by atoms with E-state index >= 15 is 0 Å². The molecule has 0 aliphatic carbocycles. The van der Waals surface area contributed by atoms with E-state index in [9.17, 15) is 0 Å². The molecule has 0 aromatic heterocycles. The van der Waals surface area contributed by atoms with Gasteiger partial charge in [0.15, 0.2) is 0 Å². The second kappa shape index (κ2) is 5.36. The Hall–Kier alpha value is 0.910. The van der Waals surface area contributed by atoms with Crippen LogP contribution in [0.25, 0.3) is 0 Å². The zero-order valence-corrected chi connectivity index (χ0v) is 15.7. The van der Waals surface area contributed by atoms with Crippen LogP contribution in [0, 0.1) is 0 Å². The molecule has 0 spiro atoms. The van der Waals surface area contributed by atoms with Gasteiger partial charge in [-0.05, 0) is 38.5 Å². The van der Waals surface area contributed by atoms with Gasteiger partial charge in [-0.15, -0.1) is 15.0 Å². The first-order valence-corrected chi connectivity index (χ1v) is 10.3. The number of nitrogens with zero attached hydrogens (tertiary/aromatic N) is 2. The van der Waals surface area contributed by atoms with Crippen LogP contribution < -0.4 is 0 Å². The van der Waals surface area contributed by atoms with Crippen molar-refractivity contribution in [3.05, 3.63) is 0 Å². The molecule has 6 heteroatoms. The molecule has 1 aliphatic heterocycles. The quantitative estimate of drug-likeness (QED) is 0.564. The van der Waals surface area contributed by atoms with E-state index in [1.165, 1.54) is 0 Å². The summed E-state index contributed by atoms with van der Waals surface area (Å²) in [5.74, 6) is 0. The molecule has 0 radical (unpaired) electrons. The molecule has 1 saturated heterocycles. The minimum Gasteiger partial charge on any atom is -0.347 e. The molecular formula is C12H30B2N2P2. The van der Waals surface area contributed by atoms with Crippen LogP contribution in [0.5, 0.6) is 0 Å². The minimum absolute atomic E-state index is 0.0841. The van der Waals surface area contributed by atoms with Crippen molar-refractivity contribution in [3.8, 4) is 0 Å². The lowest BCUT2D eigenvalue weighted by Gasteiger charge is -2.62. The van der Waals surface area contributed by atoms with Crippen molar-refractivity contribution in [2.45, 2.75) is 51.9 Å². The van der Waals surface area contributed by atoms with Gasteiger partial charge in [-0.1, -0.05) is 41.5 Å². The molecular weight excluding hydrogens is 256 g/mol. The van der Waals surface area contributed by atoms with Crippen molar-refractivity contribution in [3.63, 3.8) is 0 Å². The summed E-state index contributed by atoms with van der Waals surface area (Å²) in [7, 11) is 9.21. The predicted octanol–water partition coefficient (Wildman–Crippen LogP) is 3.65. The van der Waals surface area contributed by atoms with Gasteiger partial charge in [0.25, 0.3) is 0 Å². The lowest BCUT2D eigenvalue weighted by Crippen LogP contribution is -2.63. The molecule has 0 aromatic carbocycles. The Labute approximate surface area is 118 Å². The van der Waals surface area contributed by atoms with E-state index in [4.69, 9.17) is 0 Å². The molecule has 18 heavy (non-hydrogen) atoms. The summed E-state index contributed by atoms with van der Waals surface area (Å²) in [6, 6.07) is 0. The number of rotatable bonds is 2. The molecule has 1 rings (SSSR count). The molecule has 0 bridgehead atoms. The molecule has 0 amide bonds. The van der Waals surface area contributed by atoms with E-state index in [-0.39, 0.29) is 15.0 Å². The SMILES string of the molecule is CN(C)B1B(N(C)C)P(C(C)(C)C)P1C(C)(C)C. The van der Waals surface area contributed by atoms with Crippen LogP contribution in [0.4, 0.5) is 0 Å². The molecule has 2 nitrogen and oxygen atoms in total. The molecule has 2 unspecified atom stereocenters. The third-order valence-corrected chi connectivity index (χ3v) is 15.8. The Bertz CT molecular complexity index is 267. The maximum Gasteiger partial charge on any atom is 0.247 e. The second-order valence-corrected chi connectivity index (χ2v) is 15.5. The van der Waals surface area contributed by atoms with Gasteiger partial charge in [0.1, 0.15) is 0 Å². The summed E-state index contributed by atoms with van der Waals surface area (Å²) in [4.78, 5) is 4.96. The van der Waals surface area contributed by atoms with Crippen molar-refractivity contribution in [1.29, 1.82) is 0 Å². The first-order chi connectivity index (χ1) is 7.89. The summed E-state index contributed by atoms with van der Waals surface area (Å²) < 4.78 is 0. The van der Waals surface area contributed by atoms with Gasteiger partial charge in [0, 0.05) is 0 Å². The molecule has 0 saturated carbocycles. The van der Waals surface area contributed by atoms with E-state index in [2.05, 4.69) is 79.4 Å². The van der Waals surface area contributed by atoms with Gasteiger partial charge in [0.2, 0.25) is 12.9 Å². The van der Waals surface area contributed by atoms with Crippen LogP contribution >= 0.6 is 15.0 Å². The Morgan fingerprint density at radius 1 is 0.611 bits per heavy atom. The monoisotopic (exact) mass is 286 g/mol. The lowest BCUT2D eigenvalue weighted by molar-refractivity contribution is 0.634. The fourth-order valence-corrected chi connectivity index (χ4v) is 15.4. The Morgan fingerprint density at radius 2 is 0.833 bits per heavy atom. The third kappa shape index (κ3) is 3.14. The van der Waals surface area contributed by atoms with Gasteiger partial charge in [-0.3, -0.25) is 0 Å². The average molecular weight is 286 g/mol. The highest BCUT2D eigenvalue weighted by Crippen LogP contribution is 2.90. The standard InChI is InChI=1S/C12H30B2N2P2/c1-11(2,3)17-13(15(7)8)14(16(9)10)18(17)12(4,5)6/h1-10H3. The fourth-order valence-electron chi connectivity index (χ4n) is 2.85. The largest absolute Gasteiger partial charge is 0.347 e. The fraction of sp³-hybridized carbons (Fsp3) is 1.00. The highest BCUT2D eigenvalue weighted by atomic mass is 32.1. The van der Waals surface area contributed by atoms with Crippen LogP contribution in [0.1, 0.15) is 41.5 Å². The maximum absolute atomic E-state index is 2.48. The Morgan fingerprint density at radius 3 is 0.944 bits per heavy atom. The number of hydrogen-bond donors (Lipinski definition) is 0. The summed E-state index contributed by atoms with van der Waals surface area (Å²) >= 11 is 0. The normalized spacial score (nSPS) is 26.0. The number of hydrogen-bond acceptors (Lipinski definition) is 2. The van der Waals surface area contributed by atoms with Crippen LogP contribution in [0.15, 0.2) is 0 Å². The minimum atomic E-state index is 0.0841. The first-order valence-electron chi connectivity index (χ1n) is 6.80. The topological polar surface area (TPSA) is 6.48 Å². The van der Waals surface area contributed by atoms with Gasteiger partial charge >= 0.3 is 0 Å². The van der Waals surface area contributed by atoms with Gasteiger partial charge < -0.3 is 9.62 Å². The van der Waals surface area contributed by atoms with Crippen LogP contribution in [-0.2, 0) is 0 Å². The molecule has 0 aromatic rings. The molecule has 1 fully saturated rings. The van der Waals surface area contributed by atoms with E-state index in [0.717, 1.165) is 12.9 Å². The predicted molar refractivity (Wildman–Crippen MR) is 92.2 cm³/mol. The molecule has 0 N–H and O–H groups in total. The van der Waals surface area contributed by atoms with Crippen molar-refractivity contribution in [2.75, 3.05) is 28.2 Å².